The summed E-state index contributed by atoms with van der Waals surface area (Å²) in [4.78, 5) is 25.9. The van der Waals surface area contributed by atoms with E-state index < -0.39 is 0 Å². The Morgan fingerprint density at radius 1 is 1.14 bits per heavy atom. The first-order chi connectivity index (χ1) is 14.1. The Labute approximate surface area is 171 Å². The highest BCUT2D eigenvalue weighted by molar-refractivity contribution is 5.94. The van der Waals surface area contributed by atoms with E-state index in [-0.39, 0.29) is 24.2 Å². The molecule has 0 saturated carbocycles. The predicted octanol–water partition coefficient (Wildman–Crippen LogP) is 1.82. The van der Waals surface area contributed by atoms with Crippen molar-refractivity contribution in [2.75, 3.05) is 32.8 Å². The quantitative estimate of drug-likeness (QED) is 0.849. The van der Waals surface area contributed by atoms with E-state index in [2.05, 4.69) is 27.0 Å². The molecule has 3 heterocycles. The maximum atomic E-state index is 13.3. The SMILES string of the molecule is Cc1ncc(C(=O)N2CCO[C@@H](CN3CCC(O)CC3)[C@@H]2c2ccccc2)cn1. The van der Waals surface area contributed by atoms with Gasteiger partial charge in [-0.15, -0.1) is 0 Å². The Morgan fingerprint density at radius 3 is 2.52 bits per heavy atom. The van der Waals surface area contributed by atoms with Crippen molar-refractivity contribution in [3.63, 3.8) is 0 Å². The van der Waals surface area contributed by atoms with Crippen LogP contribution in [-0.4, -0.2) is 75.8 Å². The largest absolute Gasteiger partial charge is 0.393 e. The summed E-state index contributed by atoms with van der Waals surface area (Å²) in [5, 5.41) is 9.80. The van der Waals surface area contributed by atoms with Crippen molar-refractivity contribution in [3.8, 4) is 0 Å². The highest BCUT2D eigenvalue weighted by Gasteiger charge is 2.38. The fraction of sp³-hybridized carbons (Fsp3) is 0.500. The molecule has 1 aromatic heterocycles. The molecule has 7 nitrogen and oxygen atoms in total. The number of likely N-dealkylation sites (tertiary alicyclic amines) is 1. The molecule has 29 heavy (non-hydrogen) atoms. The summed E-state index contributed by atoms with van der Waals surface area (Å²) in [5.41, 5.74) is 1.56. The van der Waals surface area contributed by atoms with Gasteiger partial charge in [-0.25, -0.2) is 9.97 Å². The Morgan fingerprint density at radius 2 is 1.83 bits per heavy atom. The van der Waals surface area contributed by atoms with Crippen molar-refractivity contribution in [2.24, 2.45) is 0 Å². The van der Waals surface area contributed by atoms with Gasteiger partial charge in [0.1, 0.15) is 5.82 Å². The van der Waals surface area contributed by atoms with E-state index in [4.69, 9.17) is 4.74 Å². The Balaban J connectivity index is 1.59. The Hall–Kier alpha value is -2.35. The van der Waals surface area contributed by atoms with Crippen molar-refractivity contribution in [1.29, 1.82) is 0 Å². The first-order valence-electron chi connectivity index (χ1n) is 10.3. The fourth-order valence-corrected chi connectivity index (χ4v) is 4.18. The monoisotopic (exact) mass is 396 g/mol. The fourth-order valence-electron chi connectivity index (χ4n) is 4.18. The van der Waals surface area contributed by atoms with Crippen LogP contribution in [0.4, 0.5) is 0 Å². The number of hydrogen-bond donors (Lipinski definition) is 1. The summed E-state index contributed by atoms with van der Waals surface area (Å²) in [7, 11) is 0. The predicted molar refractivity (Wildman–Crippen MR) is 108 cm³/mol. The molecule has 154 valence electrons. The lowest BCUT2D eigenvalue weighted by molar-refractivity contribution is -0.0770. The van der Waals surface area contributed by atoms with Gasteiger partial charge in [0.05, 0.1) is 30.4 Å². The average Bonchev–Trinajstić information content (AvgIpc) is 2.76. The second kappa shape index (κ2) is 8.98. The number of aryl methyl sites for hydroxylation is 1. The molecule has 0 aliphatic carbocycles. The van der Waals surface area contributed by atoms with Gasteiger partial charge in [-0.3, -0.25) is 4.79 Å². The molecule has 1 amide bonds. The topological polar surface area (TPSA) is 78.8 Å². The van der Waals surface area contributed by atoms with Crippen molar-refractivity contribution in [1.82, 2.24) is 19.8 Å². The number of aliphatic hydroxyl groups is 1. The van der Waals surface area contributed by atoms with Gasteiger partial charge in [-0.2, -0.15) is 0 Å². The van der Waals surface area contributed by atoms with Gasteiger partial charge < -0.3 is 19.6 Å². The van der Waals surface area contributed by atoms with Crippen molar-refractivity contribution in [2.45, 2.75) is 38.0 Å². The zero-order chi connectivity index (χ0) is 20.2. The van der Waals surface area contributed by atoms with Gasteiger partial charge in [-0.1, -0.05) is 30.3 Å². The van der Waals surface area contributed by atoms with Crippen LogP contribution in [0.2, 0.25) is 0 Å². The van der Waals surface area contributed by atoms with Gasteiger partial charge in [0.2, 0.25) is 0 Å². The minimum absolute atomic E-state index is 0.0683. The zero-order valence-corrected chi connectivity index (χ0v) is 16.8. The number of morpholine rings is 1. The first-order valence-corrected chi connectivity index (χ1v) is 10.3. The van der Waals surface area contributed by atoms with Gasteiger partial charge in [-0.05, 0) is 25.3 Å². The standard InChI is InChI=1S/C22H28N4O3/c1-16-23-13-18(14-24-16)22(28)26-11-12-29-20(15-25-9-7-19(27)8-10-25)21(26)17-5-3-2-4-6-17/h2-6,13-14,19-21,27H,7-12,15H2,1H3/t20-,21-/m0/s1. The summed E-state index contributed by atoms with van der Waals surface area (Å²) in [6.45, 7) is 5.27. The number of hydrogen-bond acceptors (Lipinski definition) is 6. The molecule has 2 aliphatic heterocycles. The van der Waals surface area contributed by atoms with E-state index in [1.54, 1.807) is 19.3 Å². The molecule has 1 N–H and O–H groups in total. The lowest BCUT2D eigenvalue weighted by Crippen LogP contribution is -2.52. The van der Waals surface area contributed by atoms with Gasteiger partial charge in [0.15, 0.2) is 0 Å². The number of carbonyl (C=O) groups is 1. The van der Waals surface area contributed by atoms with Crippen molar-refractivity contribution >= 4 is 5.91 Å². The van der Waals surface area contributed by atoms with Crippen LogP contribution in [0.15, 0.2) is 42.7 Å². The summed E-state index contributed by atoms with van der Waals surface area (Å²) >= 11 is 0. The lowest BCUT2D eigenvalue weighted by Gasteiger charge is -2.44. The molecule has 2 fully saturated rings. The van der Waals surface area contributed by atoms with Gasteiger partial charge >= 0.3 is 0 Å². The van der Waals surface area contributed by atoms with Crippen LogP contribution >= 0.6 is 0 Å². The van der Waals surface area contributed by atoms with Crippen LogP contribution in [-0.2, 0) is 4.74 Å². The molecule has 2 atom stereocenters. The molecule has 2 aliphatic rings. The van der Waals surface area contributed by atoms with E-state index in [0.717, 1.165) is 38.0 Å². The van der Waals surface area contributed by atoms with Crippen LogP contribution in [0.25, 0.3) is 0 Å². The highest BCUT2D eigenvalue weighted by atomic mass is 16.5. The van der Waals surface area contributed by atoms with E-state index in [1.807, 2.05) is 23.1 Å². The zero-order valence-electron chi connectivity index (χ0n) is 16.8. The van der Waals surface area contributed by atoms with Crippen LogP contribution in [0.1, 0.15) is 40.6 Å². The van der Waals surface area contributed by atoms with Crippen LogP contribution < -0.4 is 0 Å². The normalized spacial score (nSPS) is 23.9. The summed E-state index contributed by atoms with van der Waals surface area (Å²) in [6, 6.07) is 9.90. The van der Waals surface area contributed by atoms with Gasteiger partial charge in [0, 0.05) is 38.6 Å². The smallest absolute Gasteiger partial charge is 0.257 e. The molecular weight excluding hydrogens is 368 g/mol. The first kappa shape index (κ1) is 19.9. The van der Waals surface area contributed by atoms with Crippen LogP contribution in [0.5, 0.6) is 0 Å². The molecule has 4 rings (SSSR count). The minimum atomic E-state index is -0.206. The van der Waals surface area contributed by atoms with E-state index in [0.29, 0.717) is 24.5 Å². The number of piperidine rings is 1. The molecule has 2 saturated heterocycles. The molecule has 0 radical (unpaired) electrons. The Bertz CT molecular complexity index is 807. The van der Waals surface area contributed by atoms with E-state index >= 15 is 0 Å². The van der Waals surface area contributed by atoms with Gasteiger partial charge in [0.25, 0.3) is 5.91 Å². The summed E-state index contributed by atoms with van der Waals surface area (Å²) in [6.07, 6.45) is 4.43. The number of carbonyl (C=O) groups excluding carboxylic acids is 1. The molecule has 0 unspecified atom stereocenters. The number of aliphatic hydroxyl groups excluding tert-OH is 1. The number of rotatable bonds is 4. The number of benzene rings is 1. The van der Waals surface area contributed by atoms with E-state index in [9.17, 15) is 9.90 Å². The third-order valence-corrected chi connectivity index (χ3v) is 5.78. The van der Waals surface area contributed by atoms with Crippen LogP contribution in [0, 0.1) is 6.92 Å². The maximum Gasteiger partial charge on any atom is 0.257 e. The van der Waals surface area contributed by atoms with Crippen molar-refractivity contribution in [3.05, 3.63) is 59.7 Å². The maximum absolute atomic E-state index is 13.3. The molecule has 1 aromatic carbocycles. The van der Waals surface area contributed by atoms with E-state index in [1.165, 1.54) is 0 Å². The molecule has 0 spiro atoms. The third kappa shape index (κ3) is 4.63. The van der Waals surface area contributed by atoms with Crippen molar-refractivity contribution < 1.29 is 14.6 Å². The minimum Gasteiger partial charge on any atom is -0.393 e. The molecule has 7 heteroatoms. The molecular formula is C22H28N4O3. The average molecular weight is 396 g/mol. The number of nitrogens with zero attached hydrogens (tertiary/aromatic N) is 4. The molecule has 0 bridgehead atoms. The highest BCUT2D eigenvalue weighted by Crippen LogP contribution is 2.32. The molecule has 2 aromatic rings. The summed E-state index contributed by atoms with van der Waals surface area (Å²) in [5.74, 6) is 0.578. The number of aromatic nitrogens is 2. The second-order valence-electron chi connectivity index (χ2n) is 7.81. The second-order valence-corrected chi connectivity index (χ2v) is 7.81. The lowest BCUT2D eigenvalue weighted by atomic mass is 9.96. The number of ether oxygens (including phenoxy) is 1. The Kier molecular flexibility index (Phi) is 6.18. The van der Waals surface area contributed by atoms with Crippen LogP contribution in [0.3, 0.4) is 0 Å². The summed E-state index contributed by atoms with van der Waals surface area (Å²) < 4.78 is 6.18. The number of amides is 1. The third-order valence-electron chi connectivity index (χ3n) is 5.78.